The van der Waals surface area contributed by atoms with Gasteiger partial charge in [0.2, 0.25) is 6.79 Å². The molecule has 0 fully saturated rings. The van der Waals surface area contributed by atoms with Crippen molar-refractivity contribution in [1.29, 1.82) is 0 Å². The molecular weight excluding hydrogens is 322 g/mol. The minimum absolute atomic E-state index is 0.0874. The van der Waals surface area contributed by atoms with E-state index in [1.54, 1.807) is 18.3 Å². The lowest BCUT2D eigenvalue weighted by atomic mass is 10.2. The third kappa shape index (κ3) is 4.41. The second-order valence-electron chi connectivity index (χ2n) is 5.19. The summed E-state index contributed by atoms with van der Waals surface area (Å²) in [7, 11) is 0. The fraction of sp³-hybridized carbons (Fsp3) is 0.222. The summed E-state index contributed by atoms with van der Waals surface area (Å²) in [6.07, 6.45) is 1.56. The van der Waals surface area contributed by atoms with Gasteiger partial charge in [0, 0.05) is 17.3 Å². The van der Waals surface area contributed by atoms with Gasteiger partial charge in [0.15, 0.2) is 11.5 Å². The summed E-state index contributed by atoms with van der Waals surface area (Å²) in [6.45, 7) is 2.79. The lowest BCUT2D eigenvalue weighted by Gasteiger charge is -2.07. The predicted molar refractivity (Wildman–Crippen MR) is 94.4 cm³/mol. The number of anilines is 1. The number of hydrogen-bond donors (Lipinski definition) is 2. The topological polar surface area (TPSA) is 81.2 Å². The molecule has 1 heterocycles. The van der Waals surface area contributed by atoms with Gasteiger partial charge in [-0.25, -0.2) is 5.43 Å². The molecule has 25 heavy (non-hydrogen) atoms. The molecule has 1 aliphatic heterocycles. The molecule has 7 nitrogen and oxygen atoms in total. The molecule has 0 unspecified atom stereocenters. The first kappa shape index (κ1) is 16.6. The predicted octanol–water partition coefficient (Wildman–Crippen LogP) is 2.38. The molecule has 130 valence electrons. The maximum absolute atomic E-state index is 11.9. The average Bonchev–Trinajstić information content (AvgIpc) is 3.09. The Bertz CT molecular complexity index is 777. The summed E-state index contributed by atoms with van der Waals surface area (Å²) in [4.78, 5) is 11.9. The van der Waals surface area contributed by atoms with E-state index in [0.717, 1.165) is 17.0 Å². The van der Waals surface area contributed by atoms with E-state index in [0.29, 0.717) is 18.1 Å². The Hall–Kier alpha value is -3.22. The molecule has 0 aromatic heterocycles. The van der Waals surface area contributed by atoms with E-state index in [1.807, 2.05) is 37.3 Å². The van der Waals surface area contributed by atoms with E-state index < -0.39 is 0 Å². The second kappa shape index (κ2) is 8.05. The highest BCUT2D eigenvalue weighted by molar-refractivity contribution is 5.86. The number of nitrogens with one attached hydrogen (secondary N) is 2. The van der Waals surface area contributed by atoms with E-state index in [-0.39, 0.29) is 19.2 Å². The molecule has 1 aliphatic rings. The van der Waals surface area contributed by atoms with Gasteiger partial charge in [-0.2, -0.15) is 5.10 Å². The van der Waals surface area contributed by atoms with Gasteiger partial charge in [0.25, 0.3) is 5.91 Å². The van der Waals surface area contributed by atoms with Crippen molar-refractivity contribution >= 4 is 17.8 Å². The number of amides is 1. The first-order chi connectivity index (χ1) is 12.3. The van der Waals surface area contributed by atoms with Gasteiger partial charge in [-0.05, 0) is 31.2 Å². The largest absolute Gasteiger partial charge is 0.493 e. The molecule has 2 aromatic rings. The van der Waals surface area contributed by atoms with Gasteiger partial charge in [0.05, 0.1) is 19.4 Å². The van der Waals surface area contributed by atoms with Crippen LogP contribution in [0, 0.1) is 0 Å². The van der Waals surface area contributed by atoms with Crippen molar-refractivity contribution in [2.45, 2.75) is 6.92 Å². The number of rotatable bonds is 7. The number of ether oxygens (including phenoxy) is 3. The van der Waals surface area contributed by atoms with Gasteiger partial charge < -0.3 is 19.5 Å². The van der Waals surface area contributed by atoms with E-state index in [9.17, 15) is 4.79 Å². The number of carbonyl (C=O) groups is 1. The monoisotopic (exact) mass is 341 g/mol. The van der Waals surface area contributed by atoms with Crippen LogP contribution in [-0.2, 0) is 4.79 Å². The van der Waals surface area contributed by atoms with Gasteiger partial charge in [-0.3, -0.25) is 4.79 Å². The number of hydrogen-bond acceptors (Lipinski definition) is 6. The van der Waals surface area contributed by atoms with Crippen molar-refractivity contribution in [1.82, 2.24) is 5.43 Å². The van der Waals surface area contributed by atoms with Crippen LogP contribution in [0.25, 0.3) is 0 Å². The smallest absolute Gasteiger partial charge is 0.259 e. The Labute approximate surface area is 145 Å². The highest BCUT2D eigenvalue weighted by Gasteiger charge is 2.13. The maximum Gasteiger partial charge on any atom is 0.259 e. The number of nitrogens with zero attached hydrogens (tertiary/aromatic N) is 1. The molecule has 2 aromatic carbocycles. The van der Waals surface area contributed by atoms with Crippen LogP contribution in [0.1, 0.15) is 12.5 Å². The van der Waals surface area contributed by atoms with Crippen LogP contribution in [-0.4, -0.2) is 32.1 Å². The molecule has 0 bridgehead atoms. The summed E-state index contributed by atoms with van der Waals surface area (Å²) in [5, 5.41) is 6.97. The molecule has 0 spiro atoms. The zero-order valence-electron chi connectivity index (χ0n) is 13.8. The number of para-hydroxylation sites is 1. The van der Waals surface area contributed by atoms with Crippen molar-refractivity contribution in [3.05, 3.63) is 48.0 Å². The van der Waals surface area contributed by atoms with E-state index in [2.05, 4.69) is 15.8 Å². The standard InChI is InChI=1S/C18H19N3O4/c1-2-23-15-6-4-3-5-13(15)10-20-21-18(22)11-19-14-7-8-16-17(9-14)25-12-24-16/h3-10,19H,2,11-12H2,1H3,(H,21,22)/b20-10-. The normalized spacial score (nSPS) is 12.2. The lowest BCUT2D eigenvalue weighted by molar-refractivity contribution is -0.119. The minimum atomic E-state index is -0.261. The Kier molecular flexibility index (Phi) is 5.36. The van der Waals surface area contributed by atoms with Crippen LogP contribution in [0.5, 0.6) is 17.2 Å². The number of fused-ring (bicyclic) bond motifs is 1. The Balaban J connectivity index is 1.50. The van der Waals surface area contributed by atoms with Gasteiger partial charge in [0.1, 0.15) is 5.75 Å². The van der Waals surface area contributed by atoms with Crippen LogP contribution < -0.4 is 25.0 Å². The third-order valence-corrected chi connectivity index (χ3v) is 3.44. The van der Waals surface area contributed by atoms with Crippen LogP contribution in [0.15, 0.2) is 47.6 Å². The maximum atomic E-state index is 11.9. The van der Waals surface area contributed by atoms with Gasteiger partial charge >= 0.3 is 0 Å². The van der Waals surface area contributed by atoms with Crippen molar-refractivity contribution < 1.29 is 19.0 Å². The molecule has 1 amide bonds. The fourth-order valence-corrected chi connectivity index (χ4v) is 2.28. The zero-order valence-corrected chi connectivity index (χ0v) is 13.8. The van der Waals surface area contributed by atoms with Crippen LogP contribution in [0.3, 0.4) is 0 Å². The number of carbonyl (C=O) groups excluding carboxylic acids is 1. The number of benzene rings is 2. The third-order valence-electron chi connectivity index (χ3n) is 3.44. The molecule has 2 N–H and O–H groups in total. The summed E-state index contributed by atoms with van der Waals surface area (Å²) >= 11 is 0. The highest BCUT2D eigenvalue weighted by atomic mass is 16.7. The average molecular weight is 341 g/mol. The van der Waals surface area contributed by atoms with Gasteiger partial charge in [-0.15, -0.1) is 0 Å². The van der Waals surface area contributed by atoms with Crippen LogP contribution in [0.2, 0.25) is 0 Å². The first-order valence-electron chi connectivity index (χ1n) is 7.93. The molecular formula is C18H19N3O4. The summed E-state index contributed by atoms with van der Waals surface area (Å²) in [5.41, 5.74) is 4.05. The zero-order chi connectivity index (χ0) is 17.5. The fourth-order valence-electron chi connectivity index (χ4n) is 2.28. The Morgan fingerprint density at radius 1 is 1.24 bits per heavy atom. The van der Waals surface area contributed by atoms with Crippen molar-refractivity contribution in [2.24, 2.45) is 5.10 Å². The summed E-state index contributed by atoms with van der Waals surface area (Å²) in [6, 6.07) is 12.9. The number of hydrazone groups is 1. The van der Waals surface area contributed by atoms with E-state index in [4.69, 9.17) is 14.2 Å². The summed E-state index contributed by atoms with van der Waals surface area (Å²) < 4.78 is 16.0. The van der Waals surface area contributed by atoms with Crippen molar-refractivity contribution in [3.8, 4) is 17.2 Å². The second-order valence-corrected chi connectivity index (χ2v) is 5.19. The van der Waals surface area contributed by atoms with Crippen molar-refractivity contribution in [3.63, 3.8) is 0 Å². The lowest BCUT2D eigenvalue weighted by Crippen LogP contribution is -2.25. The molecule has 0 atom stereocenters. The molecule has 7 heteroatoms. The SMILES string of the molecule is CCOc1ccccc1/C=N\NC(=O)CNc1ccc2c(c1)OCO2. The Morgan fingerprint density at radius 3 is 2.96 bits per heavy atom. The molecule has 3 rings (SSSR count). The van der Waals surface area contributed by atoms with E-state index >= 15 is 0 Å². The van der Waals surface area contributed by atoms with Crippen LogP contribution in [0.4, 0.5) is 5.69 Å². The van der Waals surface area contributed by atoms with Gasteiger partial charge in [-0.1, -0.05) is 12.1 Å². The molecule has 0 aliphatic carbocycles. The first-order valence-corrected chi connectivity index (χ1v) is 7.93. The van der Waals surface area contributed by atoms with Crippen molar-refractivity contribution in [2.75, 3.05) is 25.3 Å². The highest BCUT2D eigenvalue weighted by Crippen LogP contribution is 2.34. The Morgan fingerprint density at radius 2 is 2.08 bits per heavy atom. The molecule has 0 radical (unpaired) electrons. The molecule has 0 saturated heterocycles. The minimum Gasteiger partial charge on any atom is -0.493 e. The van der Waals surface area contributed by atoms with Crippen LogP contribution >= 0.6 is 0 Å². The van der Waals surface area contributed by atoms with E-state index in [1.165, 1.54) is 0 Å². The quantitative estimate of drug-likeness (QED) is 0.597. The molecule has 0 saturated carbocycles. The summed E-state index contributed by atoms with van der Waals surface area (Å²) in [5.74, 6) is 1.83.